The SMILES string of the molecule is CC1(C)[C@H](CC(=O)c2ccc3cc[nH]c3c2)C2CCN1CC2. The van der Waals surface area contributed by atoms with Crippen LogP contribution in [0.2, 0.25) is 0 Å². The lowest BCUT2D eigenvalue weighted by molar-refractivity contribution is -0.0643. The summed E-state index contributed by atoms with van der Waals surface area (Å²) in [7, 11) is 0. The lowest BCUT2D eigenvalue weighted by Crippen LogP contribution is -2.61. The Hall–Kier alpha value is -1.61. The molecule has 2 aromatic rings. The molecule has 3 heteroatoms. The van der Waals surface area contributed by atoms with Crippen LogP contribution in [0.3, 0.4) is 0 Å². The topological polar surface area (TPSA) is 36.1 Å². The standard InChI is InChI=1S/C19H24N2O/c1-19(2)16(13-6-9-21(19)10-7-13)12-18(22)15-4-3-14-5-8-20-17(14)11-15/h3-5,8,11,13,16,20H,6-7,9-10,12H2,1-2H3/t16-/m1/s1. The number of hydrogen-bond acceptors (Lipinski definition) is 2. The van der Waals surface area contributed by atoms with Gasteiger partial charge in [0.2, 0.25) is 0 Å². The van der Waals surface area contributed by atoms with Crippen molar-refractivity contribution < 1.29 is 4.79 Å². The molecule has 3 nitrogen and oxygen atoms in total. The summed E-state index contributed by atoms with van der Waals surface area (Å²) in [6.07, 6.45) is 5.13. The number of hydrogen-bond donors (Lipinski definition) is 1. The molecule has 0 spiro atoms. The number of Topliss-reactive ketones (excluding diaryl/α,β-unsaturated/α-hetero) is 1. The Labute approximate surface area is 131 Å². The molecular weight excluding hydrogens is 272 g/mol. The molecule has 0 unspecified atom stereocenters. The van der Waals surface area contributed by atoms with Gasteiger partial charge in [0.05, 0.1) is 0 Å². The van der Waals surface area contributed by atoms with Gasteiger partial charge in [-0.1, -0.05) is 12.1 Å². The maximum Gasteiger partial charge on any atom is 0.163 e. The third-order valence-electron chi connectivity index (χ3n) is 6.11. The first-order valence-electron chi connectivity index (χ1n) is 8.41. The Kier molecular flexibility index (Phi) is 3.15. The molecule has 1 aromatic carbocycles. The van der Waals surface area contributed by atoms with E-state index in [0.717, 1.165) is 17.0 Å². The van der Waals surface area contributed by atoms with Crippen LogP contribution in [0.5, 0.6) is 0 Å². The van der Waals surface area contributed by atoms with E-state index < -0.39 is 0 Å². The maximum absolute atomic E-state index is 12.8. The van der Waals surface area contributed by atoms with Crippen molar-refractivity contribution in [2.45, 2.75) is 38.6 Å². The zero-order chi connectivity index (χ0) is 15.3. The summed E-state index contributed by atoms with van der Waals surface area (Å²) in [5.41, 5.74) is 2.06. The van der Waals surface area contributed by atoms with Gasteiger partial charge < -0.3 is 4.98 Å². The zero-order valence-corrected chi connectivity index (χ0v) is 13.4. The van der Waals surface area contributed by atoms with Gasteiger partial charge >= 0.3 is 0 Å². The lowest BCUT2D eigenvalue weighted by atomic mass is 9.65. The van der Waals surface area contributed by atoms with Crippen molar-refractivity contribution in [3.05, 3.63) is 36.0 Å². The number of aromatic amines is 1. The minimum Gasteiger partial charge on any atom is -0.361 e. The molecule has 1 aromatic heterocycles. The fraction of sp³-hybridized carbons (Fsp3) is 0.526. The molecule has 5 rings (SSSR count). The summed E-state index contributed by atoms with van der Waals surface area (Å²) in [4.78, 5) is 18.6. The maximum atomic E-state index is 12.8. The predicted molar refractivity (Wildman–Crippen MR) is 89.1 cm³/mol. The third-order valence-corrected chi connectivity index (χ3v) is 6.11. The largest absolute Gasteiger partial charge is 0.361 e. The number of carbonyl (C=O) groups is 1. The van der Waals surface area contributed by atoms with E-state index in [2.05, 4.69) is 23.7 Å². The van der Waals surface area contributed by atoms with Crippen molar-refractivity contribution >= 4 is 16.7 Å². The van der Waals surface area contributed by atoms with E-state index in [-0.39, 0.29) is 5.54 Å². The second kappa shape index (κ2) is 4.95. The molecule has 3 fully saturated rings. The van der Waals surface area contributed by atoms with Crippen LogP contribution in [0.15, 0.2) is 30.5 Å². The predicted octanol–water partition coefficient (Wildman–Crippen LogP) is 3.86. The summed E-state index contributed by atoms with van der Waals surface area (Å²) in [5, 5.41) is 1.17. The Morgan fingerprint density at radius 1 is 1.27 bits per heavy atom. The van der Waals surface area contributed by atoms with Crippen LogP contribution in [-0.2, 0) is 0 Å². The number of nitrogens with zero attached hydrogens (tertiary/aromatic N) is 1. The normalized spacial score (nSPS) is 29.8. The number of aromatic nitrogens is 1. The summed E-state index contributed by atoms with van der Waals surface area (Å²) < 4.78 is 0. The van der Waals surface area contributed by atoms with Crippen LogP contribution in [-0.4, -0.2) is 34.3 Å². The van der Waals surface area contributed by atoms with E-state index in [1.165, 1.54) is 31.3 Å². The molecule has 1 N–H and O–H groups in total. The van der Waals surface area contributed by atoms with Gasteiger partial charge in [0, 0.05) is 29.2 Å². The molecular formula is C19H24N2O. The van der Waals surface area contributed by atoms with Crippen molar-refractivity contribution in [3.63, 3.8) is 0 Å². The Balaban J connectivity index is 1.58. The number of ketones is 1. The molecule has 0 radical (unpaired) electrons. The van der Waals surface area contributed by atoms with Crippen LogP contribution in [0.4, 0.5) is 0 Å². The lowest BCUT2D eigenvalue weighted by Gasteiger charge is -2.56. The number of nitrogens with one attached hydrogen (secondary N) is 1. The molecule has 3 aliphatic rings. The summed E-state index contributed by atoms with van der Waals surface area (Å²) in [6.45, 7) is 7.06. The molecule has 3 aliphatic heterocycles. The van der Waals surface area contributed by atoms with Gasteiger partial charge in [0.1, 0.15) is 0 Å². The number of benzene rings is 1. The zero-order valence-electron chi connectivity index (χ0n) is 13.4. The van der Waals surface area contributed by atoms with Gasteiger partial charge in [0.15, 0.2) is 5.78 Å². The first kappa shape index (κ1) is 14.0. The molecule has 0 aliphatic carbocycles. The summed E-state index contributed by atoms with van der Waals surface area (Å²) in [5.74, 6) is 1.50. The number of H-pyrrole nitrogens is 1. The van der Waals surface area contributed by atoms with Gasteiger partial charge in [-0.3, -0.25) is 9.69 Å². The quantitative estimate of drug-likeness (QED) is 0.873. The molecule has 2 bridgehead atoms. The van der Waals surface area contributed by atoms with Crippen molar-refractivity contribution in [2.75, 3.05) is 13.1 Å². The molecule has 22 heavy (non-hydrogen) atoms. The van der Waals surface area contributed by atoms with Crippen LogP contribution in [0.25, 0.3) is 10.9 Å². The number of piperidine rings is 3. The van der Waals surface area contributed by atoms with Gasteiger partial charge in [-0.2, -0.15) is 0 Å². The summed E-state index contributed by atoms with van der Waals surface area (Å²) in [6, 6.07) is 8.07. The van der Waals surface area contributed by atoms with Crippen molar-refractivity contribution in [1.82, 2.24) is 9.88 Å². The number of rotatable bonds is 3. The average molecular weight is 296 g/mol. The van der Waals surface area contributed by atoms with Crippen LogP contribution in [0.1, 0.15) is 43.5 Å². The first-order chi connectivity index (χ1) is 10.6. The van der Waals surface area contributed by atoms with E-state index in [0.29, 0.717) is 18.1 Å². The minimum atomic E-state index is 0.160. The van der Waals surface area contributed by atoms with E-state index in [1.807, 2.05) is 30.5 Å². The summed E-state index contributed by atoms with van der Waals surface area (Å²) >= 11 is 0. The van der Waals surface area contributed by atoms with Gasteiger partial charge in [0.25, 0.3) is 0 Å². The van der Waals surface area contributed by atoms with Crippen molar-refractivity contribution in [2.24, 2.45) is 11.8 Å². The highest BCUT2D eigenvalue weighted by Gasteiger charge is 2.47. The molecule has 0 saturated carbocycles. The fourth-order valence-electron chi connectivity index (χ4n) is 4.64. The number of fused-ring (bicyclic) bond motifs is 4. The molecule has 1 atom stereocenters. The smallest absolute Gasteiger partial charge is 0.163 e. The van der Waals surface area contributed by atoms with Gasteiger partial charge in [-0.15, -0.1) is 0 Å². The Morgan fingerprint density at radius 3 is 2.77 bits per heavy atom. The minimum absolute atomic E-state index is 0.160. The number of carbonyl (C=O) groups excluding carboxylic acids is 1. The van der Waals surface area contributed by atoms with Crippen LogP contribution >= 0.6 is 0 Å². The third kappa shape index (κ3) is 2.11. The molecule has 116 valence electrons. The molecule has 0 amide bonds. The molecule has 3 saturated heterocycles. The van der Waals surface area contributed by atoms with Crippen molar-refractivity contribution in [3.8, 4) is 0 Å². The van der Waals surface area contributed by atoms with Gasteiger partial charge in [-0.05, 0) is 69.1 Å². The first-order valence-corrected chi connectivity index (χ1v) is 8.41. The van der Waals surface area contributed by atoms with E-state index in [1.54, 1.807) is 0 Å². The molecule has 4 heterocycles. The van der Waals surface area contributed by atoms with E-state index in [4.69, 9.17) is 0 Å². The highest BCUT2D eigenvalue weighted by atomic mass is 16.1. The second-order valence-electron chi connectivity index (χ2n) is 7.49. The average Bonchev–Trinajstić information content (AvgIpc) is 2.98. The monoisotopic (exact) mass is 296 g/mol. The highest BCUT2D eigenvalue weighted by Crippen LogP contribution is 2.45. The Bertz CT molecular complexity index is 707. The highest BCUT2D eigenvalue weighted by molar-refractivity contribution is 5.99. The van der Waals surface area contributed by atoms with E-state index >= 15 is 0 Å². The van der Waals surface area contributed by atoms with E-state index in [9.17, 15) is 4.79 Å². The van der Waals surface area contributed by atoms with Crippen molar-refractivity contribution in [1.29, 1.82) is 0 Å². The van der Waals surface area contributed by atoms with Crippen LogP contribution < -0.4 is 0 Å². The second-order valence-corrected chi connectivity index (χ2v) is 7.49. The van der Waals surface area contributed by atoms with Gasteiger partial charge in [-0.25, -0.2) is 0 Å². The van der Waals surface area contributed by atoms with Crippen LogP contribution in [0, 0.1) is 11.8 Å². The Morgan fingerprint density at radius 2 is 2.05 bits per heavy atom. The fourth-order valence-corrected chi connectivity index (χ4v) is 4.64.